The molecule has 1 saturated heterocycles. The van der Waals surface area contributed by atoms with Gasteiger partial charge in [0.1, 0.15) is 5.69 Å². The quantitative estimate of drug-likeness (QED) is 0.909. The Hall–Kier alpha value is -2.07. The van der Waals surface area contributed by atoms with E-state index in [9.17, 15) is 4.79 Å². The Morgan fingerprint density at radius 1 is 1.00 bits per heavy atom. The van der Waals surface area contributed by atoms with Crippen LogP contribution < -0.4 is 10.2 Å². The average molecular weight is 330 g/mol. The van der Waals surface area contributed by atoms with Gasteiger partial charge in [-0.2, -0.15) is 0 Å². The molecular formula is C18H20ClN3O. The van der Waals surface area contributed by atoms with Crippen molar-refractivity contribution < 1.29 is 4.79 Å². The molecule has 5 heteroatoms. The highest BCUT2D eigenvalue weighted by molar-refractivity contribution is 6.30. The smallest absolute Gasteiger partial charge is 0.274 e. The lowest BCUT2D eigenvalue weighted by atomic mass is 10.2. The van der Waals surface area contributed by atoms with Crippen molar-refractivity contribution in [3.63, 3.8) is 0 Å². The summed E-state index contributed by atoms with van der Waals surface area (Å²) >= 11 is 5.84. The van der Waals surface area contributed by atoms with E-state index < -0.39 is 0 Å². The van der Waals surface area contributed by atoms with E-state index in [4.69, 9.17) is 11.6 Å². The number of pyridine rings is 1. The number of carbonyl (C=O) groups excluding carboxylic acids is 1. The van der Waals surface area contributed by atoms with Crippen molar-refractivity contribution in [3.8, 4) is 0 Å². The van der Waals surface area contributed by atoms with Crippen LogP contribution in [0.25, 0.3) is 0 Å². The lowest BCUT2D eigenvalue weighted by Crippen LogP contribution is -2.24. The molecule has 0 radical (unpaired) electrons. The molecule has 23 heavy (non-hydrogen) atoms. The summed E-state index contributed by atoms with van der Waals surface area (Å²) in [6.07, 6.45) is 6.83. The zero-order valence-electron chi connectivity index (χ0n) is 13.0. The van der Waals surface area contributed by atoms with Crippen molar-refractivity contribution in [1.29, 1.82) is 0 Å². The van der Waals surface area contributed by atoms with Gasteiger partial charge in [-0.15, -0.1) is 0 Å². The highest BCUT2D eigenvalue weighted by Gasteiger charge is 2.12. The molecule has 1 aromatic heterocycles. The van der Waals surface area contributed by atoms with Crippen LogP contribution in [0, 0.1) is 0 Å². The molecule has 0 unspecified atom stereocenters. The number of nitrogens with zero attached hydrogens (tertiary/aromatic N) is 2. The van der Waals surface area contributed by atoms with E-state index in [1.54, 1.807) is 36.5 Å². The second-order valence-electron chi connectivity index (χ2n) is 5.76. The predicted octanol–water partition coefficient (Wildman–Crippen LogP) is 4.37. The number of halogens is 1. The highest BCUT2D eigenvalue weighted by atomic mass is 35.5. The summed E-state index contributed by atoms with van der Waals surface area (Å²) in [6.45, 7) is 2.13. The second-order valence-corrected chi connectivity index (χ2v) is 6.20. The third kappa shape index (κ3) is 4.23. The molecule has 4 nitrogen and oxygen atoms in total. The summed E-state index contributed by atoms with van der Waals surface area (Å²) in [5.74, 6) is -0.213. The van der Waals surface area contributed by atoms with Gasteiger partial charge in [0.25, 0.3) is 5.91 Å². The molecule has 0 saturated carbocycles. The fourth-order valence-electron chi connectivity index (χ4n) is 2.76. The van der Waals surface area contributed by atoms with Crippen molar-refractivity contribution >= 4 is 28.9 Å². The van der Waals surface area contributed by atoms with E-state index in [0.717, 1.165) is 18.8 Å². The fraction of sp³-hybridized carbons (Fsp3) is 0.333. The monoisotopic (exact) mass is 329 g/mol. The third-order valence-electron chi connectivity index (χ3n) is 4.05. The first-order valence-electron chi connectivity index (χ1n) is 8.00. The van der Waals surface area contributed by atoms with Crippen LogP contribution >= 0.6 is 11.6 Å². The van der Waals surface area contributed by atoms with Crippen molar-refractivity contribution in [2.24, 2.45) is 0 Å². The van der Waals surface area contributed by atoms with Gasteiger partial charge in [-0.1, -0.05) is 24.4 Å². The molecule has 0 aliphatic carbocycles. The van der Waals surface area contributed by atoms with Crippen LogP contribution in [-0.2, 0) is 0 Å². The minimum Gasteiger partial charge on any atom is -0.370 e. The maximum Gasteiger partial charge on any atom is 0.274 e. The van der Waals surface area contributed by atoms with E-state index in [1.807, 2.05) is 6.07 Å². The fourth-order valence-corrected chi connectivity index (χ4v) is 2.89. The minimum absolute atomic E-state index is 0.213. The Morgan fingerprint density at radius 2 is 1.70 bits per heavy atom. The van der Waals surface area contributed by atoms with Gasteiger partial charge in [-0.25, -0.2) is 4.98 Å². The van der Waals surface area contributed by atoms with Gasteiger partial charge in [-0.05, 0) is 49.2 Å². The van der Waals surface area contributed by atoms with Crippen LogP contribution in [-0.4, -0.2) is 24.0 Å². The summed E-state index contributed by atoms with van der Waals surface area (Å²) in [5.41, 5.74) is 2.21. The number of rotatable bonds is 3. The summed E-state index contributed by atoms with van der Waals surface area (Å²) < 4.78 is 0. The Morgan fingerprint density at radius 3 is 2.30 bits per heavy atom. The maximum atomic E-state index is 12.2. The van der Waals surface area contributed by atoms with Crippen LogP contribution in [0.3, 0.4) is 0 Å². The normalized spacial score (nSPS) is 15.1. The molecule has 1 amide bonds. The van der Waals surface area contributed by atoms with E-state index in [2.05, 4.69) is 15.2 Å². The Labute approximate surface area is 141 Å². The molecule has 1 fully saturated rings. The third-order valence-corrected chi connectivity index (χ3v) is 4.31. The van der Waals surface area contributed by atoms with Crippen LogP contribution in [0.15, 0.2) is 42.6 Å². The van der Waals surface area contributed by atoms with Gasteiger partial charge in [-0.3, -0.25) is 4.79 Å². The first-order chi connectivity index (χ1) is 11.2. The number of benzene rings is 1. The standard InChI is InChI=1S/C18H20ClN3O/c19-14-5-7-15(8-6-14)21-18(23)17-10-9-16(13-20-17)22-11-3-1-2-4-12-22/h5-10,13H,1-4,11-12H2,(H,21,23). The molecule has 1 N–H and O–H groups in total. The molecule has 3 rings (SSSR count). The highest BCUT2D eigenvalue weighted by Crippen LogP contribution is 2.19. The minimum atomic E-state index is -0.213. The van der Waals surface area contributed by atoms with E-state index >= 15 is 0 Å². The predicted molar refractivity (Wildman–Crippen MR) is 94.3 cm³/mol. The zero-order chi connectivity index (χ0) is 16.1. The topological polar surface area (TPSA) is 45.2 Å². The summed E-state index contributed by atoms with van der Waals surface area (Å²) in [5, 5.41) is 3.46. The maximum absolute atomic E-state index is 12.2. The first kappa shape index (κ1) is 15.8. The Balaban J connectivity index is 1.66. The summed E-state index contributed by atoms with van der Waals surface area (Å²) in [7, 11) is 0. The number of hydrogen-bond donors (Lipinski definition) is 1. The molecule has 2 aromatic rings. The second kappa shape index (κ2) is 7.47. The van der Waals surface area contributed by atoms with Crippen molar-refractivity contribution in [3.05, 3.63) is 53.3 Å². The van der Waals surface area contributed by atoms with E-state index in [0.29, 0.717) is 16.4 Å². The van der Waals surface area contributed by atoms with Gasteiger partial charge in [0.15, 0.2) is 0 Å². The number of anilines is 2. The molecule has 0 atom stereocenters. The Bertz CT molecular complexity index is 647. The summed E-state index contributed by atoms with van der Waals surface area (Å²) in [4.78, 5) is 18.9. The lowest BCUT2D eigenvalue weighted by Gasteiger charge is -2.22. The first-order valence-corrected chi connectivity index (χ1v) is 8.38. The van der Waals surface area contributed by atoms with E-state index in [1.165, 1.54) is 25.7 Å². The molecule has 0 bridgehead atoms. The number of hydrogen-bond acceptors (Lipinski definition) is 3. The van der Waals surface area contributed by atoms with Crippen LogP contribution in [0.4, 0.5) is 11.4 Å². The van der Waals surface area contributed by atoms with Gasteiger partial charge in [0, 0.05) is 23.8 Å². The van der Waals surface area contributed by atoms with Gasteiger partial charge < -0.3 is 10.2 Å². The van der Waals surface area contributed by atoms with Gasteiger partial charge in [0.2, 0.25) is 0 Å². The van der Waals surface area contributed by atoms with Crippen LogP contribution in [0.1, 0.15) is 36.2 Å². The van der Waals surface area contributed by atoms with Crippen molar-refractivity contribution in [2.75, 3.05) is 23.3 Å². The molecule has 0 spiro atoms. The van der Waals surface area contributed by atoms with Gasteiger partial charge in [0.05, 0.1) is 11.9 Å². The molecule has 1 aliphatic rings. The number of aromatic nitrogens is 1. The molecule has 1 aromatic carbocycles. The van der Waals surface area contributed by atoms with Gasteiger partial charge >= 0.3 is 0 Å². The SMILES string of the molecule is O=C(Nc1ccc(Cl)cc1)c1ccc(N2CCCCCC2)cn1. The van der Waals surface area contributed by atoms with Crippen LogP contribution in [0.5, 0.6) is 0 Å². The molecule has 2 heterocycles. The van der Waals surface area contributed by atoms with E-state index in [-0.39, 0.29) is 5.91 Å². The zero-order valence-corrected chi connectivity index (χ0v) is 13.7. The Kier molecular flexibility index (Phi) is 5.13. The molecule has 1 aliphatic heterocycles. The average Bonchev–Trinajstić information content (AvgIpc) is 2.86. The number of nitrogens with one attached hydrogen (secondary N) is 1. The molecule has 120 valence electrons. The van der Waals surface area contributed by atoms with Crippen molar-refractivity contribution in [1.82, 2.24) is 4.98 Å². The summed E-state index contributed by atoms with van der Waals surface area (Å²) in [6, 6.07) is 10.8. The largest absolute Gasteiger partial charge is 0.370 e. The molecular weight excluding hydrogens is 310 g/mol. The number of amides is 1. The van der Waals surface area contributed by atoms with Crippen molar-refractivity contribution in [2.45, 2.75) is 25.7 Å². The van der Waals surface area contributed by atoms with Crippen LogP contribution in [0.2, 0.25) is 5.02 Å². The lowest BCUT2D eigenvalue weighted by molar-refractivity contribution is 0.102. The number of carbonyl (C=O) groups is 1.